The number of aromatic nitrogens is 2. The fourth-order valence-corrected chi connectivity index (χ4v) is 2.81. The minimum atomic E-state index is -0.552. The minimum Gasteiger partial charge on any atom is -0.355 e. The highest BCUT2D eigenvalue weighted by atomic mass is 35.5. The molecule has 0 spiro atoms. The second-order valence-corrected chi connectivity index (χ2v) is 5.43. The van der Waals surface area contributed by atoms with Gasteiger partial charge in [-0.3, -0.25) is 14.3 Å². The van der Waals surface area contributed by atoms with E-state index in [2.05, 4.69) is 10.4 Å². The van der Waals surface area contributed by atoms with Crippen LogP contribution in [0.15, 0.2) is 6.20 Å². The van der Waals surface area contributed by atoms with Crippen LogP contribution in [0.3, 0.4) is 0 Å². The lowest BCUT2D eigenvalue weighted by Crippen LogP contribution is -2.46. The molecule has 21 heavy (non-hydrogen) atoms. The normalized spacial score (nSPS) is 21.6. The van der Waals surface area contributed by atoms with Crippen LogP contribution in [0.5, 0.6) is 0 Å². The lowest BCUT2D eigenvalue weighted by Gasteiger charge is -2.24. The van der Waals surface area contributed by atoms with E-state index in [1.807, 2.05) is 13.8 Å². The van der Waals surface area contributed by atoms with Crippen molar-refractivity contribution in [2.45, 2.75) is 38.9 Å². The van der Waals surface area contributed by atoms with E-state index >= 15 is 0 Å². The Morgan fingerprint density at radius 3 is 2.86 bits per heavy atom. The Hall–Kier alpha value is -1.60. The van der Waals surface area contributed by atoms with Crippen molar-refractivity contribution in [3.8, 4) is 0 Å². The Morgan fingerprint density at radius 2 is 2.24 bits per heavy atom. The number of hydrogen-bond donors (Lipinski definition) is 2. The Bertz CT molecular complexity index is 545. The summed E-state index contributed by atoms with van der Waals surface area (Å²) in [5, 5.41) is 7.08. The van der Waals surface area contributed by atoms with Crippen LogP contribution in [0, 0.1) is 0 Å². The summed E-state index contributed by atoms with van der Waals surface area (Å²) in [7, 11) is 0. The third-order valence-corrected chi connectivity index (χ3v) is 3.82. The van der Waals surface area contributed by atoms with E-state index < -0.39 is 6.04 Å². The average molecular weight is 314 g/mol. The summed E-state index contributed by atoms with van der Waals surface area (Å²) in [6.07, 6.45) is 1.89. The van der Waals surface area contributed by atoms with Crippen molar-refractivity contribution in [3.63, 3.8) is 0 Å². The van der Waals surface area contributed by atoms with Gasteiger partial charge in [-0.1, -0.05) is 11.6 Å². The van der Waals surface area contributed by atoms with Gasteiger partial charge >= 0.3 is 0 Å². The van der Waals surface area contributed by atoms with Crippen molar-refractivity contribution < 1.29 is 9.59 Å². The zero-order valence-corrected chi connectivity index (χ0v) is 12.9. The number of likely N-dealkylation sites (tertiary alicyclic amines) is 1. The maximum atomic E-state index is 12.7. The Labute approximate surface area is 128 Å². The zero-order valence-electron chi connectivity index (χ0n) is 12.2. The van der Waals surface area contributed by atoms with Gasteiger partial charge in [0, 0.05) is 25.7 Å². The van der Waals surface area contributed by atoms with Crippen LogP contribution in [0.4, 0.5) is 0 Å². The number of likely N-dealkylation sites (N-methyl/N-ethyl adjacent to an activating group) is 1. The molecule has 2 heterocycles. The first-order chi connectivity index (χ1) is 9.99. The van der Waals surface area contributed by atoms with Crippen molar-refractivity contribution in [1.29, 1.82) is 0 Å². The highest BCUT2D eigenvalue weighted by Gasteiger charge is 2.39. The molecule has 0 saturated carbocycles. The number of nitrogens with one attached hydrogen (secondary N) is 1. The molecule has 0 bridgehead atoms. The van der Waals surface area contributed by atoms with Crippen LogP contribution in [0.2, 0.25) is 5.02 Å². The number of carbonyl (C=O) groups excluding carboxylic acids is 2. The van der Waals surface area contributed by atoms with Crippen LogP contribution in [-0.4, -0.2) is 51.7 Å². The summed E-state index contributed by atoms with van der Waals surface area (Å²) >= 11 is 6.06. The molecule has 7 nitrogen and oxygen atoms in total. The van der Waals surface area contributed by atoms with Gasteiger partial charge in [0.1, 0.15) is 11.7 Å². The molecular weight excluding hydrogens is 294 g/mol. The van der Waals surface area contributed by atoms with Crippen molar-refractivity contribution in [1.82, 2.24) is 20.0 Å². The molecule has 1 aliphatic rings. The molecule has 2 rings (SSSR count). The number of nitrogens with two attached hydrogens (primary N) is 1. The van der Waals surface area contributed by atoms with Crippen LogP contribution in [-0.2, 0) is 11.3 Å². The quantitative estimate of drug-likeness (QED) is 0.832. The van der Waals surface area contributed by atoms with E-state index in [1.165, 1.54) is 15.8 Å². The van der Waals surface area contributed by atoms with Crippen LogP contribution in [0.25, 0.3) is 0 Å². The average Bonchev–Trinajstić information content (AvgIpc) is 3.01. The third-order valence-electron chi connectivity index (χ3n) is 3.54. The molecule has 1 aromatic rings. The van der Waals surface area contributed by atoms with Gasteiger partial charge in [-0.2, -0.15) is 5.10 Å². The Kier molecular flexibility index (Phi) is 4.84. The molecular formula is C13H20ClN5O2. The molecule has 1 fully saturated rings. The maximum absolute atomic E-state index is 12.7. The fourth-order valence-electron chi connectivity index (χ4n) is 2.58. The highest BCUT2D eigenvalue weighted by molar-refractivity contribution is 6.33. The molecule has 1 aromatic heterocycles. The molecule has 2 atom stereocenters. The monoisotopic (exact) mass is 313 g/mol. The van der Waals surface area contributed by atoms with Gasteiger partial charge < -0.3 is 16.0 Å². The van der Waals surface area contributed by atoms with E-state index in [0.29, 0.717) is 31.7 Å². The van der Waals surface area contributed by atoms with Gasteiger partial charge in [0.05, 0.1) is 11.2 Å². The van der Waals surface area contributed by atoms with Crippen molar-refractivity contribution in [2.24, 2.45) is 5.73 Å². The van der Waals surface area contributed by atoms with Gasteiger partial charge in [-0.15, -0.1) is 0 Å². The highest BCUT2D eigenvalue weighted by Crippen LogP contribution is 2.23. The van der Waals surface area contributed by atoms with Crippen molar-refractivity contribution in [3.05, 3.63) is 16.9 Å². The summed E-state index contributed by atoms with van der Waals surface area (Å²) in [6.45, 7) is 5.09. The molecule has 1 aliphatic heterocycles. The van der Waals surface area contributed by atoms with Crippen molar-refractivity contribution in [2.75, 3.05) is 13.1 Å². The third kappa shape index (κ3) is 3.03. The number of amides is 2. The summed E-state index contributed by atoms with van der Waals surface area (Å²) in [5.41, 5.74) is 6.23. The summed E-state index contributed by atoms with van der Waals surface area (Å²) < 4.78 is 1.53. The van der Waals surface area contributed by atoms with E-state index in [1.54, 1.807) is 0 Å². The van der Waals surface area contributed by atoms with E-state index in [-0.39, 0.29) is 22.9 Å². The molecule has 0 radical (unpaired) electrons. The number of carbonyl (C=O) groups is 2. The molecule has 8 heteroatoms. The number of aryl methyl sites for hydroxylation is 1. The first-order valence-electron chi connectivity index (χ1n) is 7.05. The second kappa shape index (κ2) is 6.44. The zero-order chi connectivity index (χ0) is 15.6. The van der Waals surface area contributed by atoms with Crippen LogP contribution < -0.4 is 11.1 Å². The van der Waals surface area contributed by atoms with Gasteiger partial charge in [-0.05, 0) is 20.3 Å². The molecule has 1 saturated heterocycles. The predicted molar refractivity (Wildman–Crippen MR) is 79.0 cm³/mol. The minimum absolute atomic E-state index is 0.183. The predicted octanol–water partition coefficient (Wildman–Crippen LogP) is 0.234. The molecule has 116 valence electrons. The molecule has 0 unspecified atom stereocenters. The first kappa shape index (κ1) is 15.8. The summed E-state index contributed by atoms with van der Waals surface area (Å²) in [4.78, 5) is 26.3. The second-order valence-electron chi connectivity index (χ2n) is 5.02. The number of halogens is 1. The topological polar surface area (TPSA) is 93.2 Å². The maximum Gasteiger partial charge on any atom is 0.274 e. The van der Waals surface area contributed by atoms with Gasteiger partial charge in [0.15, 0.2) is 0 Å². The smallest absolute Gasteiger partial charge is 0.274 e. The Balaban J connectivity index is 2.28. The van der Waals surface area contributed by atoms with E-state index in [4.69, 9.17) is 17.3 Å². The number of nitrogens with zero attached hydrogens (tertiary/aromatic N) is 3. The molecule has 0 aromatic carbocycles. The fraction of sp³-hybridized carbons (Fsp3) is 0.615. The lowest BCUT2D eigenvalue weighted by atomic mass is 10.1. The molecule has 3 N–H and O–H groups in total. The summed E-state index contributed by atoms with van der Waals surface area (Å²) in [5.74, 6) is -0.485. The Morgan fingerprint density at radius 1 is 1.52 bits per heavy atom. The number of hydrogen-bond acceptors (Lipinski definition) is 4. The van der Waals surface area contributed by atoms with E-state index in [0.717, 1.165) is 0 Å². The first-order valence-corrected chi connectivity index (χ1v) is 7.42. The molecule has 2 amide bonds. The lowest BCUT2D eigenvalue weighted by molar-refractivity contribution is -0.124. The van der Waals surface area contributed by atoms with Gasteiger partial charge in [0.2, 0.25) is 5.91 Å². The summed E-state index contributed by atoms with van der Waals surface area (Å²) in [6, 6.07) is -0.762. The largest absolute Gasteiger partial charge is 0.355 e. The standard InChI is InChI=1S/C13H20ClN5O2/c1-3-16-12(20)10-5-8(15)7-18(10)13(21)11-9(14)6-17-19(11)4-2/h6,8,10H,3-5,7,15H2,1-2H3,(H,16,20)/t8-,10-/m0/s1. The number of rotatable bonds is 4. The van der Waals surface area contributed by atoms with Gasteiger partial charge in [-0.25, -0.2) is 0 Å². The van der Waals surface area contributed by atoms with E-state index in [9.17, 15) is 9.59 Å². The van der Waals surface area contributed by atoms with Crippen molar-refractivity contribution >= 4 is 23.4 Å². The SMILES string of the molecule is CCNC(=O)[C@@H]1C[C@H](N)CN1C(=O)c1c(Cl)cnn1CC. The van der Waals surface area contributed by atoms with Crippen LogP contribution in [0.1, 0.15) is 30.8 Å². The van der Waals surface area contributed by atoms with Gasteiger partial charge in [0.25, 0.3) is 5.91 Å². The molecule has 0 aliphatic carbocycles. The van der Waals surface area contributed by atoms with Crippen LogP contribution >= 0.6 is 11.6 Å².